The number of hydrogen-bond acceptors (Lipinski definition) is 4. The zero-order valence-electron chi connectivity index (χ0n) is 23.0. The van der Waals surface area contributed by atoms with E-state index in [1.165, 1.54) is 28.5 Å². The van der Waals surface area contributed by atoms with Gasteiger partial charge in [0.2, 0.25) is 0 Å². The molecular formula is C30H50O3S. The molecule has 3 nitrogen and oxygen atoms in total. The van der Waals surface area contributed by atoms with E-state index in [2.05, 4.69) is 88.3 Å². The maximum absolute atomic E-state index is 11.4. The van der Waals surface area contributed by atoms with Crippen LogP contribution in [0.5, 0.6) is 5.75 Å². The average Bonchev–Trinajstić information content (AvgIpc) is 3.06. The predicted octanol–water partition coefficient (Wildman–Crippen LogP) is 8.79. The Morgan fingerprint density at radius 1 is 0.912 bits per heavy atom. The summed E-state index contributed by atoms with van der Waals surface area (Å²) in [6.07, 6.45) is 1.74. The fraction of sp³-hybridized carbons (Fsp3) is 0.667. The summed E-state index contributed by atoms with van der Waals surface area (Å²) in [5.74, 6) is 2.81. The maximum Gasteiger partial charge on any atom is 0.197 e. The Bertz CT molecular complexity index is 877. The number of ketones is 1. The van der Waals surface area contributed by atoms with Crippen molar-refractivity contribution >= 4 is 22.7 Å². The van der Waals surface area contributed by atoms with Crippen LogP contribution < -0.4 is 4.74 Å². The second-order valence-electron chi connectivity index (χ2n) is 10.9. The molecule has 1 aromatic carbocycles. The molecule has 0 radical (unpaired) electrons. The standard InChI is InChI=1S/C11H16O.C9H16OS.C9H14O.CH4/c1-8(2)10-5-6-11(12-4)9(3)7-10;1-6(2)9(5)7(10)11-8(9,3)4;1-6(2)9-7(3)4-5-8(9)10;/h5-8H,1-4H3;6H,1-5H3;6H,4-5H2,1-3H3;1H4. The van der Waals surface area contributed by atoms with Gasteiger partial charge in [0.15, 0.2) is 10.9 Å². The van der Waals surface area contributed by atoms with E-state index in [9.17, 15) is 9.59 Å². The highest BCUT2D eigenvalue weighted by Gasteiger charge is 2.59. The Hall–Kier alpha value is -1.55. The number of allylic oxidation sites excluding steroid dienone is 2. The lowest BCUT2D eigenvalue weighted by atomic mass is 9.70. The third-order valence-corrected chi connectivity index (χ3v) is 8.87. The molecule has 0 N–H and O–H groups in total. The topological polar surface area (TPSA) is 43.4 Å². The van der Waals surface area contributed by atoms with Crippen LogP contribution >= 0.6 is 11.8 Å². The molecule has 1 atom stereocenters. The number of rotatable bonds is 4. The number of benzene rings is 1. The number of Topliss-reactive ketones (excluding diaryl/α,β-unsaturated/α-hetero) is 1. The molecule has 2 aliphatic rings. The number of carbonyl (C=O) groups is 2. The number of ether oxygens (including phenoxy) is 1. The van der Waals surface area contributed by atoms with E-state index < -0.39 is 0 Å². The maximum atomic E-state index is 11.4. The van der Waals surface area contributed by atoms with Crippen LogP contribution in [0.25, 0.3) is 0 Å². The molecule has 1 saturated heterocycles. The van der Waals surface area contributed by atoms with Gasteiger partial charge < -0.3 is 4.74 Å². The molecule has 34 heavy (non-hydrogen) atoms. The summed E-state index contributed by atoms with van der Waals surface area (Å²) in [4.78, 5) is 22.5. The van der Waals surface area contributed by atoms with E-state index >= 15 is 0 Å². The summed E-state index contributed by atoms with van der Waals surface area (Å²) >= 11 is 1.48. The Balaban J connectivity index is 0.000000475. The SMILES string of the molecule is C.CC(C)C1(C)C(=O)SC1(C)C.CC1=C(C(C)C)C(=O)CC1.COc1ccc(C(C)C)cc1C. The highest BCUT2D eigenvalue weighted by Crippen LogP contribution is 2.59. The van der Waals surface area contributed by atoms with Gasteiger partial charge >= 0.3 is 0 Å². The van der Waals surface area contributed by atoms with Crippen molar-refractivity contribution in [2.75, 3.05) is 7.11 Å². The molecule has 0 amide bonds. The summed E-state index contributed by atoms with van der Waals surface area (Å²) in [6.45, 7) is 23.3. The average molecular weight is 491 g/mol. The summed E-state index contributed by atoms with van der Waals surface area (Å²) in [5.41, 5.74) is 4.87. The lowest BCUT2D eigenvalue weighted by Gasteiger charge is -2.53. The van der Waals surface area contributed by atoms with Gasteiger partial charge in [0.25, 0.3) is 0 Å². The second kappa shape index (κ2) is 13.0. The van der Waals surface area contributed by atoms with Gasteiger partial charge in [0, 0.05) is 11.2 Å². The van der Waals surface area contributed by atoms with Crippen molar-refractivity contribution < 1.29 is 14.3 Å². The number of hydrogen-bond donors (Lipinski definition) is 0. The summed E-state index contributed by atoms with van der Waals surface area (Å²) in [6, 6.07) is 6.34. The Morgan fingerprint density at radius 3 is 1.71 bits per heavy atom. The van der Waals surface area contributed by atoms with Crippen LogP contribution in [0.4, 0.5) is 0 Å². The highest BCUT2D eigenvalue weighted by molar-refractivity contribution is 8.17. The van der Waals surface area contributed by atoms with Crippen LogP contribution in [-0.4, -0.2) is 22.8 Å². The molecule has 4 heteroatoms. The molecule has 3 rings (SSSR count). The van der Waals surface area contributed by atoms with Crippen LogP contribution in [0.15, 0.2) is 29.3 Å². The first kappa shape index (κ1) is 32.5. The first-order valence-electron chi connectivity index (χ1n) is 12.2. The van der Waals surface area contributed by atoms with Crippen molar-refractivity contribution in [1.29, 1.82) is 0 Å². The number of thioether (sulfide) groups is 1. The zero-order chi connectivity index (χ0) is 25.7. The molecule has 1 unspecified atom stereocenters. The van der Waals surface area contributed by atoms with Gasteiger partial charge in [0.1, 0.15) is 5.75 Å². The third kappa shape index (κ3) is 7.23. The van der Waals surface area contributed by atoms with Crippen molar-refractivity contribution in [2.24, 2.45) is 17.3 Å². The summed E-state index contributed by atoms with van der Waals surface area (Å²) in [7, 11) is 1.71. The van der Waals surface area contributed by atoms with E-state index in [1.807, 2.05) is 6.07 Å². The van der Waals surface area contributed by atoms with Gasteiger partial charge in [-0.1, -0.05) is 85.4 Å². The first-order chi connectivity index (χ1) is 15.1. The van der Waals surface area contributed by atoms with E-state index in [0.717, 1.165) is 24.2 Å². The van der Waals surface area contributed by atoms with Crippen molar-refractivity contribution in [1.82, 2.24) is 0 Å². The van der Waals surface area contributed by atoms with Gasteiger partial charge in [-0.25, -0.2) is 0 Å². The number of aryl methyl sites for hydroxylation is 1. The predicted molar refractivity (Wildman–Crippen MR) is 150 cm³/mol. The Kier molecular flexibility index (Phi) is 12.4. The monoisotopic (exact) mass is 490 g/mol. The zero-order valence-corrected chi connectivity index (χ0v) is 23.8. The van der Waals surface area contributed by atoms with E-state index in [0.29, 0.717) is 28.7 Å². The molecule has 1 aliphatic heterocycles. The number of carbonyl (C=O) groups excluding carboxylic acids is 2. The minimum atomic E-state index is -0.0995. The quantitative estimate of drug-likeness (QED) is 0.423. The first-order valence-corrected chi connectivity index (χ1v) is 13.0. The normalized spacial score (nSPS) is 20.9. The lowest BCUT2D eigenvalue weighted by molar-refractivity contribution is -0.126. The van der Waals surface area contributed by atoms with Crippen LogP contribution in [0.3, 0.4) is 0 Å². The molecule has 0 spiro atoms. The molecule has 0 saturated carbocycles. The van der Waals surface area contributed by atoms with Gasteiger partial charge in [-0.2, -0.15) is 0 Å². The summed E-state index contributed by atoms with van der Waals surface area (Å²) in [5, 5.41) is 0.359. The van der Waals surface area contributed by atoms with Crippen LogP contribution in [0.2, 0.25) is 0 Å². The minimum Gasteiger partial charge on any atom is -0.496 e. The molecule has 0 aromatic heterocycles. The van der Waals surface area contributed by atoms with Crippen molar-refractivity contribution in [2.45, 2.75) is 107 Å². The fourth-order valence-electron chi connectivity index (χ4n) is 4.46. The van der Waals surface area contributed by atoms with Gasteiger partial charge in [0.05, 0.1) is 12.5 Å². The molecule has 0 bridgehead atoms. The molecule has 1 aliphatic carbocycles. The minimum absolute atomic E-state index is 0. The van der Waals surface area contributed by atoms with E-state index in [1.54, 1.807) is 7.11 Å². The van der Waals surface area contributed by atoms with Crippen LogP contribution in [0.1, 0.15) is 107 Å². The van der Waals surface area contributed by atoms with E-state index in [4.69, 9.17) is 4.74 Å². The van der Waals surface area contributed by atoms with Crippen LogP contribution in [-0.2, 0) is 9.59 Å². The third-order valence-electron chi connectivity index (χ3n) is 7.33. The molecular weight excluding hydrogens is 440 g/mol. The van der Waals surface area contributed by atoms with Gasteiger partial charge in [-0.3, -0.25) is 9.59 Å². The molecule has 1 heterocycles. The van der Waals surface area contributed by atoms with Crippen molar-refractivity contribution in [3.05, 3.63) is 40.5 Å². The van der Waals surface area contributed by atoms with Crippen LogP contribution in [0, 0.1) is 24.2 Å². The highest BCUT2D eigenvalue weighted by atomic mass is 32.2. The Morgan fingerprint density at radius 2 is 1.47 bits per heavy atom. The lowest BCUT2D eigenvalue weighted by Crippen LogP contribution is -2.57. The Labute approximate surface area is 214 Å². The summed E-state index contributed by atoms with van der Waals surface area (Å²) < 4.78 is 5.32. The second-order valence-corrected chi connectivity index (χ2v) is 12.5. The van der Waals surface area contributed by atoms with Crippen molar-refractivity contribution in [3.8, 4) is 5.75 Å². The number of methoxy groups -OCH3 is 1. The molecule has 1 aromatic rings. The van der Waals surface area contributed by atoms with Gasteiger partial charge in [-0.05, 0) is 74.6 Å². The molecule has 194 valence electrons. The van der Waals surface area contributed by atoms with E-state index in [-0.39, 0.29) is 17.6 Å². The fourth-order valence-corrected chi connectivity index (χ4v) is 6.01. The smallest absolute Gasteiger partial charge is 0.197 e. The van der Waals surface area contributed by atoms with Gasteiger partial charge in [-0.15, -0.1) is 0 Å². The largest absolute Gasteiger partial charge is 0.496 e. The van der Waals surface area contributed by atoms with Crippen molar-refractivity contribution in [3.63, 3.8) is 0 Å². The molecule has 1 fully saturated rings.